The summed E-state index contributed by atoms with van der Waals surface area (Å²) in [5.74, 6) is 0.0993. The number of carbonyl (C=O) groups excluding carboxylic acids is 1. The number of quaternary nitrogens is 1. The summed E-state index contributed by atoms with van der Waals surface area (Å²) >= 11 is 5.62. The SMILES string of the molecule is CCc1ccccc1NC(=O)C[NH+]1CCN(C(=S)NC2CCCCC2)CC1. The smallest absolute Gasteiger partial charge is 0.279 e. The fraction of sp³-hybridized carbons (Fsp3) is 0.619. The highest BCUT2D eigenvalue weighted by molar-refractivity contribution is 7.80. The van der Waals surface area contributed by atoms with Gasteiger partial charge in [-0.05, 0) is 43.1 Å². The van der Waals surface area contributed by atoms with Crippen LogP contribution in [-0.2, 0) is 11.2 Å². The molecule has 2 fully saturated rings. The fourth-order valence-electron chi connectivity index (χ4n) is 4.09. The van der Waals surface area contributed by atoms with Crippen LogP contribution in [0.5, 0.6) is 0 Å². The van der Waals surface area contributed by atoms with E-state index >= 15 is 0 Å². The van der Waals surface area contributed by atoms with Gasteiger partial charge >= 0.3 is 0 Å². The standard InChI is InChI=1S/C21H32N4OS/c1-2-17-8-6-7-11-19(17)23-20(26)16-24-12-14-25(15-13-24)21(27)22-18-9-4-3-5-10-18/h6-8,11,18H,2-5,9-10,12-16H2,1H3,(H,22,27)(H,23,26)/p+1. The van der Waals surface area contributed by atoms with E-state index in [-0.39, 0.29) is 5.91 Å². The first-order chi connectivity index (χ1) is 13.2. The number of piperazine rings is 1. The molecule has 148 valence electrons. The summed E-state index contributed by atoms with van der Waals surface area (Å²) < 4.78 is 0. The molecule has 0 radical (unpaired) electrons. The molecule has 27 heavy (non-hydrogen) atoms. The van der Waals surface area contributed by atoms with Crippen molar-refractivity contribution in [2.75, 3.05) is 38.0 Å². The van der Waals surface area contributed by atoms with E-state index in [1.807, 2.05) is 18.2 Å². The van der Waals surface area contributed by atoms with Gasteiger partial charge < -0.3 is 20.4 Å². The minimum Gasteiger partial charge on any atom is -0.360 e. The minimum atomic E-state index is 0.0993. The monoisotopic (exact) mass is 389 g/mol. The van der Waals surface area contributed by atoms with E-state index in [9.17, 15) is 4.79 Å². The molecule has 1 saturated carbocycles. The van der Waals surface area contributed by atoms with Crippen molar-refractivity contribution in [2.24, 2.45) is 0 Å². The van der Waals surface area contributed by atoms with E-state index in [1.165, 1.54) is 42.6 Å². The first kappa shape index (κ1) is 20.1. The first-order valence-corrected chi connectivity index (χ1v) is 10.8. The zero-order valence-corrected chi connectivity index (χ0v) is 17.2. The van der Waals surface area contributed by atoms with Gasteiger partial charge in [0.2, 0.25) is 0 Å². The molecule has 1 heterocycles. The maximum Gasteiger partial charge on any atom is 0.279 e. The first-order valence-electron chi connectivity index (χ1n) is 10.4. The van der Waals surface area contributed by atoms with Crippen molar-refractivity contribution in [2.45, 2.75) is 51.5 Å². The topological polar surface area (TPSA) is 48.8 Å². The van der Waals surface area contributed by atoms with Gasteiger partial charge in [0.15, 0.2) is 11.7 Å². The summed E-state index contributed by atoms with van der Waals surface area (Å²) in [6, 6.07) is 8.60. The molecule has 3 N–H and O–H groups in total. The third kappa shape index (κ3) is 5.91. The Kier molecular flexibility index (Phi) is 7.47. The number of aryl methyl sites for hydroxylation is 1. The molecule has 0 aromatic heterocycles. The molecule has 1 aliphatic heterocycles. The van der Waals surface area contributed by atoms with E-state index in [2.05, 4.69) is 28.5 Å². The van der Waals surface area contributed by atoms with Crippen LogP contribution in [0, 0.1) is 0 Å². The molecule has 1 aromatic rings. The van der Waals surface area contributed by atoms with E-state index in [0.29, 0.717) is 12.6 Å². The van der Waals surface area contributed by atoms with Gasteiger partial charge in [0.25, 0.3) is 5.91 Å². The van der Waals surface area contributed by atoms with E-state index < -0.39 is 0 Å². The lowest BCUT2D eigenvalue weighted by atomic mass is 9.96. The lowest BCUT2D eigenvalue weighted by Gasteiger charge is -2.35. The van der Waals surface area contributed by atoms with Gasteiger partial charge in [0.05, 0.1) is 26.2 Å². The number of benzene rings is 1. The molecule has 1 aromatic carbocycles. The third-order valence-electron chi connectivity index (χ3n) is 5.77. The number of nitrogens with one attached hydrogen (secondary N) is 3. The van der Waals surface area contributed by atoms with Crippen molar-refractivity contribution in [1.29, 1.82) is 0 Å². The van der Waals surface area contributed by atoms with Crippen LogP contribution in [0.25, 0.3) is 0 Å². The molecule has 0 bridgehead atoms. The summed E-state index contributed by atoms with van der Waals surface area (Å²) in [5, 5.41) is 7.55. The van der Waals surface area contributed by atoms with Crippen LogP contribution in [0.3, 0.4) is 0 Å². The van der Waals surface area contributed by atoms with Crippen molar-refractivity contribution >= 4 is 28.9 Å². The lowest BCUT2D eigenvalue weighted by molar-refractivity contribution is -0.895. The summed E-state index contributed by atoms with van der Waals surface area (Å²) in [4.78, 5) is 16.1. The number of rotatable bonds is 5. The molecule has 1 saturated heterocycles. The van der Waals surface area contributed by atoms with Gasteiger partial charge in [0.1, 0.15) is 0 Å². The molecule has 1 aliphatic carbocycles. The van der Waals surface area contributed by atoms with E-state index in [0.717, 1.165) is 43.4 Å². The van der Waals surface area contributed by atoms with Crippen molar-refractivity contribution in [1.82, 2.24) is 10.2 Å². The zero-order chi connectivity index (χ0) is 19.1. The number of anilines is 1. The van der Waals surface area contributed by atoms with Gasteiger partial charge in [0, 0.05) is 11.7 Å². The summed E-state index contributed by atoms with van der Waals surface area (Å²) in [6.45, 7) is 6.39. The molecule has 6 heteroatoms. The van der Waals surface area contributed by atoms with Crippen LogP contribution >= 0.6 is 12.2 Å². The van der Waals surface area contributed by atoms with E-state index in [4.69, 9.17) is 12.2 Å². The Morgan fingerprint density at radius 3 is 2.59 bits per heavy atom. The molecule has 0 spiro atoms. The molecule has 2 aliphatic rings. The third-order valence-corrected chi connectivity index (χ3v) is 6.15. The maximum atomic E-state index is 12.4. The van der Waals surface area contributed by atoms with Crippen LogP contribution in [0.2, 0.25) is 0 Å². The second-order valence-corrected chi connectivity index (χ2v) is 8.14. The quantitative estimate of drug-likeness (QED) is 0.670. The normalized spacial score (nSPS) is 18.9. The van der Waals surface area contributed by atoms with Crippen LogP contribution in [0.1, 0.15) is 44.6 Å². The zero-order valence-electron chi connectivity index (χ0n) is 16.4. The number of thiocarbonyl (C=S) groups is 1. The highest BCUT2D eigenvalue weighted by atomic mass is 32.1. The fourth-order valence-corrected chi connectivity index (χ4v) is 4.44. The average Bonchev–Trinajstić information content (AvgIpc) is 2.69. The second-order valence-electron chi connectivity index (χ2n) is 7.76. The molecule has 1 amide bonds. The number of nitrogens with zero attached hydrogens (tertiary/aromatic N) is 1. The van der Waals surface area contributed by atoms with E-state index in [1.54, 1.807) is 0 Å². The van der Waals surface area contributed by atoms with Crippen molar-refractivity contribution in [3.8, 4) is 0 Å². The van der Waals surface area contributed by atoms with Gasteiger partial charge in [-0.3, -0.25) is 4.79 Å². The highest BCUT2D eigenvalue weighted by Gasteiger charge is 2.25. The maximum absolute atomic E-state index is 12.4. The number of carbonyl (C=O) groups is 1. The molecule has 3 rings (SSSR count). The number of hydrogen-bond donors (Lipinski definition) is 3. The summed E-state index contributed by atoms with van der Waals surface area (Å²) in [7, 11) is 0. The van der Waals surface area contributed by atoms with Crippen LogP contribution in [0.15, 0.2) is 24.3 Å². The lowest BCUT2D eigenvalue weighted by Crippen LogP contribution is -3.15. The summed E-state index contributed by atoms with van der Waals surface area (Å²) in [6.07, 6.45) is 7.39. The Balaban J connectivity index is 1.41. The van der Waals surface area contributed by atoms with Gasteiger partial charge in [-0.2, -0.15) is 0 Å². The molecule has 5 nitrogen and oxygen atoms in total. The number of amides is 1. The van der Waals surface area contributed by atoms with Gasteiger partial charge in [-0.15, -0.1) is 0 Å². The van der Waals surface area contributed by atoms with Crippen LogP contribution in [0.4, 0.5) is 5.69 Å². The average molecular weight is 390 g/mol. The molecular formula is C21H33N4OS+. The van der Waals surface area contributed by atoms with Crippen molar-refractivity contribution in [3.05, 3.63) is 29.8 Å². The van der Waals surface area contributed by atoms with Crippen LogP contribution in [-0.4, -0.2) is 54.7 Å². The Labute approximate surface area is 168 Å². The van der Waals surface area contributed by atoms with Gasteiger partial charge in [-0.1, -0.05) is 44.4 Å². The minimum absolute atomic E-state index is 0.0993. The van der Waals surface area contributed by atoms with Crippen molar-refractivity contribution in [3.63, 3.8) is 0 Å². The van der Waals surface area contributed by atoms with Crippen molar-refractivity contribution < 1.29 is 9.69 Å². The highest BCUT2D eigenvalue weighted by Crippen LogP contribution is 2.17. The van der Waals surface area contributed by atoms with Gasteiger partial charge in [-0.25, -0.2) is 0 Å². The number of para-hydroxylation sites is 1. The number of hydrogen-bond acceptors (Lipinski definition) is 2. The van der Waals surface area contributed by atoms with Crippen LogP contribution < -0.4 is 15.5 Å². The Morgan fingerprint density at radius 1 is 1.19 bits per heavy atom. The largest absolute Gasteiger partial charge is 0.360 e. The Hall–Kier alpha value is -1.66. The Morgan fingerprint density at radius 2 is 1.89 bits per heavy atom. The predicted molar refractivity (Wildman–Crippen MR) is 114 cm³/mol. The molecular weight excluding hydrogens is 356 g/mol. The second kappa shape index (κ2) is 10.0. The predicted octanol–water partition coefficient (Wildman–Crippen LogP) is 1.60. The Bertz CT molecular complexity index is 637. The molecule has 0 atom stereocenters. The summed E-state index contributed by atoms with van der Waals surface area (Å²) in [5.41, 5.74) is 2.13. The molecule has 0 unspecified atom stereocenters.